The van der Waals surface area contributed by atoms with E-state index < -0.39 is 0 Å². The van der Waals surface area contributed by atoms with Crippen molar-refractivity contribution in [3.8, 4) is 5.75 Å². The largest absolute Gasteiger partial charge is 0.497 e. The summed E-state index contributed by atoms with van der Waals surface area (Å²) in [6.45, 7) is 7.60. The van der Waals surface area contributed by atoms with Crippen molar-refractivity contribution in [1.82, 2.24) is 0 Å². The van der Waals surface area contributed by atoms with Crippen LogP contribution in [0.3, 0.4) is 0 Å². The van der Waals surface area contributed by atoms with Gasteiger partial charge in [-0.3, -0.25) is 4.79 Å². The molecule has 5 rings (SSSR count). The van der Waals surface area contributed by atoms with Gasteiger partial charge < -0.3 is 4.74 Å². The van der Waals surface area contributed by atoms with E-state index in [1.807, 2.05) is 24.3 Å². The van der Waals surface area contributed by atoms with Gasteiger partial charge in [0.25, 0.3) is 0 Å². The Labute approximate surface area is 183 Å². The van der Waals surface area contributed by atoms with Crippen LogP contribution in [0.1, 0.15) is 88.9 Å². The van der Waals surface area contributed by atoms with Gasteiger partial charge in [0.15, 0.2) is 5.78 Å². The third kappa shape index (κ3) is 3.00. The molecule has 0 spiro atoms. The van der Waals surface area contributed by atoms with Crippen molar-refractivity contribution in [3.05, 3.63) is 29.8 Å². The molecular formula is C28H40O2. The number of ether oxygens (including phenoxy) is 1. The van der Waals surface area contributed by atoms with Crippen molar-refractivity contribution < 1.29 is 9.53 Å². The van der Waals surface area contributed by atoms with Crippen molar-refractivity contribution in [2.45, 2.75) is 78.6 Å². The summed E-state index contributed by atoms with van der Waals surface area (Å²) in [5, 5.41) is 0. The number of hydrogen-bond acceptors (Lipinski definition) is 2. The second-order valence-corrected chi connectivity index (χ2v) is 11.8. The molecule has 0 heterocycles. The minimum absolute atomic E-state index is 0.198. The van der Waals surface area contributed by atoms with Crippen LogP contribution in [-0.2, 0) is 0 Å². The number of carbonyl (C=O) groups excluding carboxylic acids is 1. The van der Waals surface area contributed by atoms with Crippen LogP contribution in [0.4, 0.5) is 0 Å². The first-order valence-electron chi connectivity index (χ1n) is 12.5. The lowest BCUT2D eigenvalue weighted by atomic mass is 9.44. The normalized spacial score (nSPS) is 45.2. The molecule has 1 aromatic carbocycles. The van der Waals surface area contributed by atoms with Gasteiger partial charge in [-0.15, -0.1) is 0 Å². The van der Waals surface area contributed by atoms with Crippen molar-refractivity contribution >= 4 is 5.78 Å². The first-order valence-corrected chi connectivity index (χ1v) is 12.5. The molecule has 0 amide bonds. The van der Waals surface area contributed by atoms with Gasteiger partial charge >= 0.3 is 0 Å². The van der Waals surface area contributed by atoms with E-state index in [9.17, 15) is 4.79 Å². The van der Waals surface area contributed by atoms with Gasteiger partial charge in [-0.1, -0.05) is 27.2 Å². The van der Waals surface area contributed by atoms with E-state index >= 15 is 0 Å². The zero-order valence-electron chi connectivity index (χ0n) is 19.5. The molecule has 1 aromatic rings. The fraction of sp³-hybridized carbons (Fsp3) is 0.750. The van der Waals surface area contributed by atoms with Gasteiger partial charge in [-0.05, 0) is 116 Å². The molecule has 2 nitrogen and oxygen atoms in total. The molecule has 0 saturated heterocycles. The molecule has 0 N–H and O–H groups in total. The zero-order valence-corrected chi connectivity index (χ0v) is 19.5. The van der Waals surface area contributed by atoms with Crippen molar-refractivity contribution in [2.24, 2.45) is 46.3 Å². The van der Waals surface area contributed by atoms with Gasteiger partial charge in [-0.2, -0.15) is 0 Å². The lowest BCUT2D eigenvalue weighted by Gasteiger charge is -2.61. The van der Waals surface area contributed by atoms with Crippen LogP contribution in [0.25, 0.3) is 0 Å². The molecule has 8 unspecified atom stereocenters. The SMILES string of the molecule is COc1ccc(C(=O)C2CCC3C4CCC5CC(C)CCC5(C)C4CCC23C)cc1. The Morgan fingerprint density at radius 1 is 0.900 bits per heavy atom. The average molecular weight is 409 g/mol. The number of rotatable bonds is 3. The van der Waals surface area contributed by atoms with Crippen molar-refractivity contribution in [2.75, 3.05) is 7.11 Å². The maximum atomic E-state index is 13.6. The van der Waals surface area contributed by atoms with Gasteiger partial charge in [0, 0.05) is 11.5 Å². The Bertz CT molecular complexity index is 797. The number of ketones is 1. The maximum absolute atomic E-state index is 13.6. The topological polar surface area (TPSA) is 26.3 Å². The summed E-state index contributed by atoms with van der Waals surface area (Å²) in [5.41, 5.74) is 1.64. The average Bonchev–Trinajstić information content (AvgIpc) is 3.11. The number of hydrogen-bond donors (Lipinski definition) is 0. The summed E-state index contributed by atoms with van der Waals surface area (Å²) in [6.07, 6.45) is 12.1. The Balaban J connectivity index is 1.38. The number of Topliss-reactive ketones (excluding diaryl/α,β-unsaturated/α-hetero) is 1. The monoisotopic (exact) mass is 408 g/mol. The summed E-state index contributed by atoms with van der Waals surface area (Å²) in [4.78, 5) is 13.6. The second kappa shape index (κ2) is 7.38. The van der Waals surface area contributed by atoms with Crippen LogP contribution in [0, 0.1) is 46.3 Å². The molecule has 4 aliphatic rings. The van der Waals surface area contributed by atoms with E-state index in [4.69, 9.17) is 4.74 Å². The van der Waals surface area contributed by atoms with Crippen LogP contribution in [0.15, 0.2) is 24.3 Å². The molecule has 0 radical (unpaired) electrons. The number of carbonyl (C=O) groups is 1. The van der Waals surface area contributed by atoms with Gasteiger partial charge in [0.05, 0.1) is 7.11 Å². The van der Waals surface area contributed by atoms with E-state index in [1.165, 1.54) is 51.4 Å². The quantitative estimate of drug-likeness (QED) is 0.495. The molecule has 164 valence electrons. The Kier molecular flexibility index (Phi) is 5.07. The number of fused-ring (bicyclic) bond motifs is 5. The first-order chi connectivity index (χ1) is 14.4. The maximum Gasteiger partial charge on any atom is 0.166 e. The fourth-order valence-corrected chi connectivity index (χ4v) is 8.86. The summed E-state index contributed by atoms with van der Waals surface area (Å²) in [5.74, 6) is 5.79. The third-order valence-electron chi connectivity index (χ3n) is 10.6. The molecule has 0 aliphatic heterocycles. The Hall–Kier alpha value is -1.31. The Morgan fingerprint density at radius 2 is 1.60 bits per heavy atom. The highest BCUT2D eigenvalue weighted by Crippen LogP contribution is 2.68. The van der Waals surface area contributed by atoms with E-state index in [0.717, 1.165) is 47.3 Å². The Morgan fingerprint density at radius 3 is 2.33 bits per heavy atom. The van der Waals surface area contributed by atoms with E-state index in [-0.39, 0.29) is 11.3 Å². The zero-order chi connectivity index (χ0) is 21.1. The van der Waals surface area contributed by atoms with E-state index in [0.29, 0.717) is 11.2 Å². The molecule has 4 aliphatic carbocycles. The van der Waals surface area contributed by atoms with Crippen LogP contribution < -0.4 is 4.74 Å². The summed E-state index contributed by atoms with van der Waals surface area (Å²) < 4.78 is 5.29. The molecule has 2 heteroatoms. The van der Waals surface area contributed by atoms with Crippen molar-refractivity contribution in [3.63, 3.8) is 0 Å². The minimum Gasteiger partial charge on any atom is -0.497 e. The highest BCUT2D eigenvalue weighted by atomic mass is 16.5. The van der Waals surface area contributed by atoms with Crippen LogP contribution in [0.5, 0.6) is 5.75 Å². The van der Waals surface area contributed by atoms with Gasteiger partial charge in [0.1, 0.15) is 5.75 Å². The minimum atomic E-state index is 0.198. The predicted octanol–water partition coefficient (Wildman–Crippen LogP) is 7.17. The van der Waals surface area contributed by atoms with E-state index in [2.05, 4.69) is 20.8 Å². The third-order valence-corrected chi connectivity index (χ3v) is 10.6. The van der Waals surface area contributed by atoms with Crippen LogP contribution in [0.2, 0.25) is 0 Å². The molecule has 0 aromatic heterocycles. The number of methoxy groups -OCH3 is 1. The highest BCUT2D eigenvalue weighted by Gasteiger charge is 2.61. The molecule has 4 fully saturated rings. The lowest BCUT2D eigenvalue weighted by Crippen LogP contribution is -2.53. The van der Waals surface area contributed by atoms with Gasteiger partial charge in [0.2, 0.25) is 0 Å². The number of benzene rings is 1. The summed E-state index contributed by atoms with van der Waals surface area (Å²) in [7, 11) is 1.68. The molecule has 30 heavy (non-hydrogen) atoms. The molecule has 0 bridgehead atoms. The molecule has 8 atom stereocenters. The van der Waals surface area contributed by atoms with Crippen LogP contribution in [-0.4, -0.2) is 12.9 Å². The van der Waals surface area contributed by atoms with Crippen LogP contribution >= 0.6 is 0 Å². The first kappa shape index (κ1) is 20.6. The second-order valence-electron chi connectivity index (χ2n) is 11.8. The molecular weight excluding hydrogens is 368 g/mol. The van der Waals surface area contributed by atoms with E-state index in [1.54, 1.807) is 7.11 Å². The smallest absolute Gasteiger partial charge is 0.166 e. The summed E-state index contributed by atoms with van der Waals surface area (Å²) in [6, 6.07) is 7.81. The fourth-order valence-electron chi connectivity index (χ4n) is 8.86. The summed E-state index contributed by atoms with van der Waals surface area (Å²) >= 11 is 0. The van der Waals surface area contributed by atoms with Gasteiger partial charge in [-0.25, -0.2) is 0 Å². The van der Waals surface area contributed by atoms with Crippen molar-refractivity contribution in [1.29, 1.82) is 0 Å². The highest BCUT2D eigenvalue weighted by molar-refractivity contribution is 5.98. The standard InChI is InChI=1S/C28H40O2/c1-18-13-15-27(2)20(17-18)7-10-22-23-11-12-25(28(23,3)16-14-24(22)27)26(29)19-5-8-21(30-4)9-6-19/h5-6,8-9,18,20,22-25H,7,10-17H2,1-4H3. The predicted molar refractivity (Wildman–Crippen MR) is 122 cm³/mol. The molecule has 4 saturated carbocycles. The lowest BCUT2D eigenvalue weighted by molar-refractivity contribution is -0.114.